The molecule has 0 fully saturated rings. The van der Waals surface area contributed by atoms with Gasteiger partial charge in [-0.05, 0) is 103 Å². The first-order chi connectivity index (χ1) is 32.0. The summed E-state index contributed by atoms with van der Waals surface area (Å²) in [7, 11) is 0. The fourth-order valence-electron chi connectivity index (χ4n) is 7.34. The summed E-state index contributed by atoms with van der Waals surface area (Å²) in [6.45, 7) is 6.34. The topological polar surface area (TPSA) is 108 Å². The Morgan fingerprint density at radius 3 is 1.23 bits per heavy atom. The molecular weight excluding hydrogens is 813 g/mol. The van der Waals surface area contributed by atoms with Crippen LogP contribution < -0.4 is 0 Å². The molecule has 8 heteroatoms. The highest BCUT2D eigenvalue weighted by molar-refractivity contribution is 5.82. The number of hydrogen-bond acceptors (Lipinski definition) is 8. The minimum atomic E-state index is -0.884. The molecule has 1 unspecified atom stereocenters. The molecule has 0 aromatic carbocycles. The summed E-state index contributed by atoms with van der Waals surface area (Å²) >= 11 is 0. The van der Waals surface area contributed by atoms with Gasteiger partial charge in [-0.1, -0.05) is 197 Å². The lowest BCUT2D eigenvalue weighted by atomic mass is 10.0. The number of hydrogen-bond donors (Lipinski definition) is 1. The van der Waals surface area contributed by atoms with Crippen LogP contribution in [0, 0.1) is 0 Å². The van der Waals surface area contributed by atoms with Crippen molar-refractivity contribution in [2.45, 2.75) is 258 Å². The van der Waals surface area contributed by atoms with Gasteiger partial charge < -0.3 is 14.2 Å². The lowest BCUT2D eigenvalue weighted by molar-refractivity contribution is -0.281. The van der Waals surface area contributed by atoms with Gasteiger partial charge in [0.25, 0.3) is 0 Å². The minimum absolute atomic E-state index is 0.0586. The van der Waals surface area contributed by atoms with Gasteiger partial charge in [-0.3, -0.25) is 14.8 Å². The van der Waals surface area contributed by atoms with E-state index in [2.05, 4.69) is 74.3 Å². The first-order valence-corrected chi connectivity index (χ1v) is 26.7. The van der Waals surface area contributed by atoms with Crippen LogP contribution in [0.4, 0.5) is 0 Å². The van der Waals surface area contributed by atoms with Crippen molar-refractivity contribution in [3.63, 3.8) is 0 Å². The van der Waals surface area contributed by atoms with Crippen molar-refractivity contribution in [2.24, 2.45) is 0 Å². The molecule has 0 aliphatic rings. The van der Waals surface area contributed by atoms with Crippen LogP contribution in [-0.2, 0) is 33.5 Å². The molecule has 0 aromatic rings. The van der Waals surface area contributed by atoms with Crippen LogP contribution in [-0.4, -0.2) is 48.6 Å². The molecule has 0 amide bonds. The zero-order chi connectivity index (χ0) is 47.4. The molecule has 65 heavy (non-hydrogen) atoms. The maximum atomic E-state index is 12.7. The Bertz CT molecular complexity index is 1190. The van der Waals surface area contributed by atoms with E-state index in [9.17, 15) is 19.6 Å². The van der Waals surface area contributed by atoms with Gasteiger partial charge >= 0.3 is 17.9 Å². The van der Waals surface area contributed by atoms with Crippen LogP contribution in [0.1, 0.15) is 245 Å². The molecule has 0 bridgehead atoms. The molecule has 0 rings (SSSR count). The summed E-state index contributed by atoms with van der Waals surface area (Å²) in [6.07, 6.45) is 60.7. The molecule has 0 heterocycles. The second-order valence-electron chi connectivity index (χ2n) is 17.7. The van der Waals surface area contributed by atoms with E-state index in [1.54, 1.807) is 6.08 Å². The number of unbranched alkanes of at least 4 members (excludes halogenated alkanes) is 23. The SMILES string of the molecule is CCCCC/C=C\C/C=C\CCCCCCCC(=O)OCC(COC(=O)CCCCCCC/C=C\C/C=C\CCCCC)OC(=O)C=CC=CCCCCCCC(CCCCCC)OO. The fraction of sp³-hybridized carbons (Fsp3) is 0.737. The Labute approximate surface area is 399 Å². The lowest BCUT2D eigenvalue weighted by Crippen LogP contribution is -2.30. The zero-order valence-electron chi connectivity index (χ0n) is 42.1. The number of esters is 3. The van der Waals surface area contributed by atoms with Gasteiger partial charge in [-0.2, -0.15) is 0 Å². The third-order valence-corrected chi connectivity index (χ3v) is 11.5. The van der Waals surface area contributed by atoms with Gasteiger partial charge in [0.1, 0.15) is 13.2 Å². The highest BCUT2D eigenvalue weighted by Gasteiger charge is 2.18. The fourth-order valence-corrected chi connectivity index (χ4v) is 7.34. The third kappa shape index (κ3) is 48.5. The zero-order valence-corrected chi connectivity index (χ0v) is 42.1. The predicted molar refractivity (Wildman–Crippen MR) is 273 cm³/mol. The maximum Gasteiger partial charge on any atom is 0.331 e. The van der Waals surface area contributed by atoms with Crippen molar-refractivity contribution in [1.29, 1.82) is 0 Å². The molecule has 374 valence electrons. The highest BCUT2D eigenvalue weighted by atomic mass is 17.1. The summed E-state index contributed by atoms with van der Waals surface area (Å²) in [6, 6.07) is 0. The highest BCUT2D eigenvalue weighted by Crippen LogP contribution is 2.16. The average Bonchev–Trinajstić information content (AvgIpc) is 3.31. The van der Waals surface area contributed by atoms with Crippen LogP contribution in [0.25, 0.3) is 0 Å². The molecule has 1 atom stereocenters. The lowest BCUT2D eigenvalue weighted by Gasteiger charge is -2.17. The smallest absolute Gasteiger partial charge is 0.331 e. The van der Waals surface area contributed by atoms with E-state index in [-0.39, 0.29) is 31.3 Å². The Balaban J connectivity index is 4.60. The first-order valence-electron chi connectivity index (χ1n) is 26.7. The standard InChI is InChI=1S/C57H98O8/c1-4-7-10-13-15-17-19-21-23-25-27-29-34-38-43-48-55(58)62-51-54(52-63-56(59)49-44-39-35-30-28-26-24-22-20-18-16-14-11-8-5-2)64-57(60)50-45-40-36-32-31-33-37-42-47-53(65-61)46-41-12-9-6-3/h15-18,21-24,36,40,45,50,53-54,61H,4-14,19-20,25-35,37-39,41-44,46-49,51-52H2,1-3H3/b17-15-,18-16-,23-21-,24-22-,40-36?,50-45?. The number of allylic oxidation sites excluding steroid dienone is 11. The molecule has 0 aromatic heterocycles. The summed E-state index contributed by atoms with van der Waals surface area (Å²) in [5.74, 6) is -1.25. The van der Waals surface area contributed by atoms with Crippen molar-refractivity contribution in [2.75, 3.05) is 13.2 Å². The summed E-state index contributed by atoms with van der Waals surface area (Å²) in [5.41, 5.74) is 0. The first kappa shape index (κ1) is 61.8. The number of rotatable bonds is 48. The van der Waals surface area contributed by atoms with Crippen molar-refractivity contribution in [3.05, 3.63) is 72.9 Å². The van der Waals surface area contributed by atoms with E-state index < -0.39 is 12.1 Å². The molecule has 0 radical (unpaired) electrons. The Hall–Kier alpha value is -3.23. The molecule has 0 aliphatic carbocycles. The Morgan fingerprint density at radius 1 is 0.415 bits per heavy atom. The molecule has 0 aliphatic heterocycles. The predicted octanol–water partition coefficient (Wildman–Crippen LogP) is 16.9. The van der Waals surface area contributed by atoms with E-state index in [0.29, 0.717) is 12.8 Å². The molecular formula is C57H98O8. The van der Waals surface area contributed by atoms with Crippen LogP contribution >= 0.6 is 0 Å². The molecule has 8 nitrogen and oxygen atoms in total. The maximum absolute atomic E-state index is 12.7. The molecule has 0 saturated heterocycles. The monoisotopic (exact) mass is 911 g/mol. The van der Waals surface area contributed by atoms with Gasteiger partial charge in [0.05, 0.1) is 6.10 Å². The van der Waals surface area contributed by atoms with E-state index in [4.69, 9.17) is 14.2 Å². The number of carbonyl (C=O) groups excluding carboxylic acids is 3. The summed E-state index contributed by atoms with van der Waals surface area (Å²) in [5, 5.41) is 9.19. The van der Waals surface area contributed by atoms with Crippen molar-refractivity contribution in [3.8, 4) is 0 Å². The summed E-state index contributed by atoms with van der Waals surface area (Å²) < 4.78 is 16.6. The van der Waals surface area contributed by atoms with Crippen molar-refractivity contribution < 1.29 is 38.7 Å². The van der Waals surface area contributed by atoms with E-state index in [1.807, 2.05) is 12.2 Å². The van der Waals surface area contributed by atoms with E-state index in [1.165, 1.54) is 76.7 Å². The minimum Gasteiger partial charge on any atom is -0.462 e. The van der Waals surface area contributed by atoms with Crippen LogP contribution in [0.15, 0.2) is 72.9 Å². The van der Waals surface area contributed by atoms with Crippen molar-refractivity contribution >= 4 is 17.9 Å². The van der Waals surface area contributed by atoms with E-state index in [0.717, 1.165) is 141 Å². The average molecular weight is 911 g/mol. The Morgan fingerprint density at radius 2 is 0.785 bits per heavy atom. The van der Waals surface area contributed by atoms with Crippen LogP contribution in [0.2, 0.25) is 0 Å². The van der Waals surface area contributed by atoms with Gasteiger partial charge in [-0.25, -0.2) is 9.68 Å². The van der Waals surface area contributed by atoms with Gasteiger partial charge in [0, 0.05) is 18.9 Å². The number of ether oxygens (including phenoxy) is 3. The number of carbonyl (C=O) groups is 3. The van der Waals surface area contributed by atoms with Gasteiger partial charge in [0.2, 0.25) is 0 Å². The Kier molecular flexibility index (Phi) is 49.2. The summed E-state index contributed by atoms with van der Waals surface area (Å²) in [4.78, 5) is 42.6. The van der Waals surface area contributed by atoms with Gasteiger partial charge in [-0.15, -0.1) is 0 Å². The third-order valence-electron chi connectivity index (χ3n) is 11.5. The van der Waals surface area contributed by atoms with Crippen LogP contribution in [0.5, 0.6) is 0 Å². The van der Waals surface area contributed by atoms with E-state index >= 15 is 0 Å². The van der Waals surface area contributed by atoms with Gasteiger partial charge in [0.15, 0.2) is 6.10 Å². The largest absolute Gasteiger partial charge is 0.462 e. The normalized spacial score (nSPS) is 12.7. The second kappa shape index (κ2) is 51.7. The second-order valence-corrected chi connectivity index (χ2v) is 17.7. The molecule has 0 spiro atoms. The molecule has 0 saturated carbocycles. The van der Waals surface area contributed by atoms with Crippen molar-refractivity contribution in [1.82, 2.24) is 0 Å². The molecule has 1 N–H and O–H groups in total. The van der Waals surface area contributed by atoms with Crippen LogP contribution in [0.3, 0.4) is 0 Å². The quantitative estimate of drug-likeness (QED) is 0.00940.